The molecule has 134 valence electrons. The largest absolute Gasteiger partial charge is 0.490 e. The first-order valence-electron chi connectivity index (χ1n) is 7.69. The molecular formula is C19H16BrFN2O3. The lowest BCUT2D eigenvalue weighted by molar-refractivity contribution is -0.114. The van der Waals surface area contributed by atoms with E-state index in [1.807, 2.05) is 6.92 Å². The first-order valence-corrected chi connectivity index (χ1v) is 8.49. The third-order valence-corrected chi connectivity index (χ3v) is 3.89. The molecule has 1 amide bonds. The lowest BCUT2D eigenvalue weighted by Gasteiger charge is -2.15. The molecule has 0 aliphatic heterocycles. The van der Waals surface area contributed by atoms with Crippen molar-refractivity contribution in [1.29, 1.82) is 5.26 Å². The highest BCUT2D eigenvalue weighted by Gasteiger charge is 2.13. The van der Waals surface area contributed by atoms with Crippen LogP contribution >= 0.6 is 15.9 Å². The average Bonchev–Trinajstić information content (AvgIpc) is 2.59. The number of hydrogen-bond donors (Lipinski definition) is 1. The van der Waals surface area contributed by atoms with Gasteiger partial charge < -0.3 is 15.2 Å². The maximum Gasteiger partial charge on any atom is 0.259 e. The molecule has 0 bridgehead atoms. The molecule has 0 radical (unpaired) electrons. The van der Waals surface area contributed by atoms with Crippen LogP contribution in [0.4, 0.5) is 4.39 Å². The van der Waals surface area contributed by atoms with Gasteiger partial charge >= 0.3 is 0 Å². The van der Waals surface area contributed by atoms with Crippen LogP contribution in [0.25, 0.3) is 6.08 Å². The van der Waals surface area contributed by atoms with E-state index in [0.29, 0.717) is 33.7 Å². The quantitative estimate of drug-likeness (QED) is 0.544. The van der Waals surface area contributed by atoms with Crippen LogP contribution in [0.5, 0.6) is 11.5 Å². The van der Waals surface area contributed by atoms with Gasteiger partial charge in [-0.25, -0.2) is 4.39 Å². The molecule has 2 aromatic rings. The van der Waals surface area contributed by atoms with Gasteiger partial charge in [0.15, 0.2) is 11.5 Å². The van der Waals surface area contributed by atoms with Crippen molar-refractivity contribution in [2.24, 2.45) is 5.73 Å². The van der Waals surface area contributed by atoms with Crippen molar-refractivity contribution >= 4 is 27.9 Å². The third-order valence-electron chi connectivity index (χ3n) is 3.30. The highest BCUT2D eigenvalue weighted by molar-refractivity contribution is 9.10. The molecule has 0 saturated carbocycles. The van der Waals surface area contributed by atoms with Crippen LogP contribution in [-0.4, -0.2) is 12.5 Å². The average molecular weight is 419 g/mol. The van der Waals surface area contributed by atoms with Crippen LogP contribution in [0.1, 0.15) is 18.1 Å². The fourth-order valence-electron chi connectivity index (χ4n) is 2.18. The predicted octanol–water partition coefficient (Wildman–Crippen LogP) is 3.96. The molecule has 7 heteroatoms. The van der Waals surface area contributed by atoms with Crippen molar-refractivity contribution in [3.8, 4) is 17.6 Å². The maximum absolute atomic E-state index is 13.3. The molecule has 0 atom stereocenters. The summed E-state index contributed by atoms with van der Waals surface area (Å²) >= 11 is 3.40. The number of hydrogen-bond acceptors (Lipinski definition) is 4. The van der Waals surface area contributed by atoms with Crippen LogP contribution in [0.2, 0.25) is 0 Å². The Morgan fingerprint density at radius 2 is 2.12 bits per heavy atom. The summed E-state index contributed by atoms with van der Waals surface area (Å²) in [6.45, 7) is 2.35. The summed E-state index contributed by atoms with van der Waals surface area (Å²) in [7, 11) is 0. The van der Waals surface area contributed by atoms with Gasteiger partial charge in [0.2, 0.25) is 0 Å². The topological polar surface area (TPSA) is 85.3 Å². The van der Waals surface area contributed by atoms with Gasteiger partial charge in [0, 0.05) is 0 Å². The normalized spacial score (nSPS) is 10.9. The molecule has 5 nitrogen and oxygen atoms in total. The number of nitriles is 1. The van der Waals surface area contributed by atoms with Gasteiger partial charge in [0.25, 0.3) is 5.91 Å². The first-order chi connectivity index (χ1) is 12.4. The molecular weight excluding hydrogens is 403 g/mol. The summed E-state index contributed by atoms with van der Waals surface area (Å²) in [6.07, 6.45) is 1.37. The molecule has 0 spiro atoms. The van der Waals surface area contributed by atoms with Gasteiger partial charge in [-0.2, -0.15) is 5.26 Å². The van der Waals surface area contributed by atoms with Crippen molar-refractivity contribution in [2.75, 3.05) is 6.61 Å². The fraction of sp³-hybridized carbons (Fsp3) is 0.158. The van der Waals surface area contributed by atoms with Gasteiger partial charge in [-0.1, -0.05) is 12.1 Å². The van der Waals surface area contributed by atoms with E-state index in [2.05, 4.69) is 15.9 Å². The van der Waals surface area contributed by atoms with Gasteiger partial charge in [-0.3, -0.25) is 4.79 Å². The van der Waals surface area contributed by atoms with Crippen LogP contribution in [0, 0.1) is 17.1 Å². The minimum Gasteiger partial charge on any atom is -0.490 e. The number of rotatable bonds is 7. The zero-order valence-electron chi connectivity index (χ0n) is 14.0. The van der Waals surface area contributed by atoms with Crippen molar-refractivity contribution in [1.82, 2.24) is 0 Å². The van der Waals surface area contributed by atoms with Crippen LogP contribution in [-0.2, 0) is 11.4 Å². The smallest absolute Gasteiger partial charge is 0.259 e. The highest BCUT2D eigenvalue weighted by Crippen LogP contribution is 2.38. The Hall–Kier alpha value is -2.85. The van der Waals surface area contributed by atoms with E-state index >= 15 is 0 Å². The lowest BCUT2D eigenvalue weighted by Crippen LogP contribution is -2.12. The Bertz CT molecular complexity index is 891. The zero-order chi connectivity index (χ0) is 19.1. The summed E-state index contributed by atoms with van der Waals surface area (Å²) < 4.78 is 25.2. The molecule has 0 unspecified atom stereocenters. The van der Waals surface area contributed by atoms with Gasteiger partial charge in [0.05, 0.1) is 11.1 Å². The van der Waals surface area contributed by atoms with E-state index in [1.165, 1.54) is 18.2 Å². The van der Waals surface area contributed by atoms with E-state index in [9.17, 15) is 9.18 Å². The Balaban J connectivity index is 2.34. The van der Waals surface area contributed by atoms with Gasteiger partial charge in [-0.05, 0) is 64.3 Å². The fourth-order valence-corrected chi connectivity index (χ4v) is 2.76. The van der Waals surface area contributed by atoms with Crippen molar-refractivity contribution in [2.45, 2.75) is 13.5 Å². The molecule has 2 rings (SSSR count). The number of ether oxygens (including phenoxy) is 2. The molecule has 0 heterocycles. The van der Waals surface area contributed by atoms with E-state index in [1.54, 1.807) is 30.3 Å². The number of primary amides is 1. The number of nitrogens with zero attached hydrogens (tertiary/aromatic N) is 1. The van der Waals surface area contributed by atoms with E-state index in [-0.39, 0.29) is 18.0 Å². The predicted molar refractivity (Wildman–Crippen MR) is 98.8 cm³/mol. The van der Waals surface area contributed by atoms with Crippen LogP contribution in [0.15, 0.2) is 46.4 Å². The molecule has 0 fully saturated rings. The van der Waals surface area contributed by atoms with Crippen molar-refractivity contribution in [3.63, 3.8) is 0 Å². The first kappa shape index (κ1) is 19.5. The summed E-state index contributed by atoms with van der Waals surface area (Å²) in [5, 5.41) is 8.97. The molecule has 0 aromatic heterocycles. The van der Waals surface area contributed by atoms with E-state index < -0.39 is 5.91 Å². The van der Waals surface area contributed by atoms with E-state index in [4.69, 9.17) is 20.5 Å². The minimum atomic E-state index is -0.812. The summed E-state index contributed by atoms with van der Waals surface area (Å²) in [4.78, 5) is 11.2. The lowest BCUT2D eigenvalue weighted by atomic mass is 10.1. The Morgan fingerprint density at radius 3 is 2.73 bits per heavy atom. The number of benzene rings is 2. The molecule has 0 saturated heterocycles. The summed E-state index contributed by atoms with van der Waals surface area (Å²) in [5.41, 5.74) is 6.20. The number of carbonyl (C=O) groups is 1. The van der Waals surface area contributed by atoms with Crippen molar-refractivity contribution < 1.29 is 18.7 Å². The Morgan fingerprint density at radius 1 is 1.35 bits per heavy atom. The monoisotopic (exact) mass is 418 g/mol. The number of amides is 1. The summed E-state index contributed by atoms with van der Waals surface area (Å²) in [5.74, 6) is -0.295. The second kappa shape index (κ2) is 9.02. The number of halogens is 2. The Labute approximate surface area is 159 Å². The molecule has 2 aromatic carbocycles. The zero-order valence-corrected chi connectivity index (χ0v) is 15.5. The van der Waals surface area contributed by atoms with Gasteiger partial charge in [-0.15, -0.1) is 0 Å². The third kappa shape index (κ3) is 5.07. The minimum absolute atomic E-state index is 0.149. The number of carbonyl (C=O) groups excluding carboxylic acids is 1. The van der Waals surface area contributed by atoms with Gasteiger partial charge in [0.1, 0.15) is 24.1 Å². The molecule has 0 aliphatic rings. The summed E-state index contributed by atoms with van der Waals surface area (Å²) in [6, 6.07) is 11.2. The highest BCUT2D eigenvalue weighted by atomic mass is 79.9. The SMILES string of the molecule is CCOc1cc(/C=C(\C#N)C(N)=O)cc(Br)c1OCc1cccc(F)c1. The van der Waals surface area contributed by atoms with Crippen LogP contribution in [0.3, 0.4) is 0 Å². The second-order valence-electron chi connectivity index (χ2n) is 5.22. The molecule has 2 N–H and O–H groups in total. The second-order valence-corrected chi connectivity index (χ2v) is 6.07. The van der Waals surface area contributed by atoms with E-state index in [0.717, 1.165) is 0 Å². The van der Waals surface area contributed by atoms with Crippen molar-refractivity contribution in [3.05, 3.63) is 63.4 Å². The Kier molecular flexibility index (Phi) is 6.75. The standard InChI is InChI=1S/C19H16BrFN2O3/c1-2-25-17-9-13(6-14(10-22)19(23)24)8-16(20)18(17)26-11-12-4-3-5-15(21)7-12/h3-9H,2,11H2,1H3,(H2,23,24)/b14-6+. The number of nitrogens with two attached hydrogens (primary N) is 1. The molecule has 26 heavy (non-hydrogen) atoms. The van der Waals surface area contributed by atoms with Crippen LogP contribution < -0.4 is 15.2 Å². The molecule has 0 aliphatic carbocycles. The maximum atomic E-state index is 13.3.